The first-order valence-corrected chi connectivity index (χ1v) is 7.95. The number of amides is 1. The van der Waals surface area contributed by atoms with Crippen molar-refractivity contribution in [1.82, 2.24) is 10.0 Å². The number of nitrogens with zero attached hydrogens (tertiary/aromatic N) is 1. The van der Waals surface area contributed by atoms with E-state index in [4.69, 9.17) is 5.21 Å². The first kappa shape index (κ1) is 20.2. The van der Waals surface area contributed by atoms with E-state index in [1.807, 2.05) is 0 Å². The number of hydrogen-bond acceptors (Lipinski definition) is 4. The lowest BCUT2D eigenvalue weighted by molar-refractivity contribution is -0.274. The second-order valence-electron chi connectivity index (χ2n) is 5.57. The lowest BCUT2D eigenvalue weighted by Gasteiger charge is -2.10. The molecule has 0 unspecified atom stereocenters. The molecule has 0 aliphatic rings. The van der Waals surface area contributed by atoms with Crippen LogP contribution in [0.1, 0.15) is 17.5 Å². The smallest absolute Gasteiger partial charge is 0.406 e. The molecule has 1 heterocycles. The Morgan fingerprint density at radius 1 is 1.22 bits per heavy atom. The van der Waals surface area contributed by atoms with Crippen molar-refractivity contribution in [1.29, 1.82) is 0 Å². The van der Waals surface area contributed by atoms with E-state index in [-0.39, 0.29) is 16.9 Å². The number of pyridine rings is 1. The summed E-state index contributed by atoms with van der Waals surface area (Å²) in [5.74, 6) is -1.03. The molecule has 2 aromatic rings. The Morgan fingerprint density at radius 2 is 1.93 bits per heavy atom. The van der Waals surface area contributed by atoms with Crippen LogP contribution in [0.3, 0.4) is 0 Å². The topological polar surface area (TPSA) is 80.6 Å². The number of alkyl halides is 3. The zero-order chi connectivity index (χ0) is 19.9. The molecule has 9 heteroatoms. The maximum atomic E-state index is 12.3. The number of rotatable bonds is 7. The van der Waals surface area contributed by atoms with Gasteiger partial charge in [-0.25, -0.2) is 5.48 Å². The molecule has 144 valence electrons. The monoisotopic (exact) mass is 382 g/mol. The van der Waals surface area contributed by atoms with Crippen LogP contribution in [0.25, 0.3) is 6.08 Å². The van der Waals surface area contributed by atoms with Crippen molar-refractivity contribution in [3.8, 4) is 5.75 Å². The van der Waals surface area contributed by atoms with Crippen LogP contribution in [0, 0.1) is 0 Å². The highest BCUT2D eigenvalue weighted by molar-refractivity contribution is 5.90. The first-order valence-electron chi connectivity index (χ1n) is 7.95. The van der Waals surface area contributed by atoms with Crippen molar-refractivity contribution in [3.05, 3.63) is 70.2 Å². The van der Waals surface area contributed by atoms with Crippen LogP contribution in [0.5, 0.6) is 5.75 Å². The summed E-state index contributed by atoms with van der Waals surface area (Å²) in [5, 5.41) is 8.44. The molecule has 0 fully saturated rings. The lowest BCUT2D eigenvalue weighted by Crippen LogP contribution is -2.22. The highest BCUT2D eigenvalue weighted by Crippen LogP contribution is 2.23. The maximum absolute atomic E-state index is 12.3. The van der Waals surface area contributed by atoms with Gasteiger partial charge in [-0.1, -0.05) is 12.1 Å². The van der Waals surface area contributed by atoms with E-state index in [0.29, 0.717) is 19.4 Å². The van der Waals surface area contributed by atoms with Gasteiger partial charge in [0.1, 0.15) is 5.75 Å². The molecule has 27 heavy (non-hydrogen) atoms. The van der Waals surface area contributed by atoms with E-state index in [1.54, 1.807) is 18.3 Å². The van der Waals surface area contributed by atoms with Gasteiger partial charge >= 0.3 is 6.36 Å². The summed E-state index contributed by atoms with van der Waals surface area (Å²) in [6.07, 6.45) is 0.358. The second kappa shape index (κ2) is 9.04. The molecular formula is C18H17F3N2O4. The number of carbonyl (C=O) groups excluding carboxylic acids is 1. The predicted octanol–water partition coefficient (Wildman–Crippen LogP) is 2.90. The summed E-state index contributed by atoms with van der Waals surface area (Å²) in [5.41, 5.74) is 2.23. The zero-order valence-corrected chi connectivity index (χ0v) is 14.1. The number of aromatic nitrogens is 1. The minimum absolute atomic E-state index is 0.283. The molecule has 0 bridgehead atoms. The van der Waals surface area contributed by atoms with Crippen molar-refractivity contribution < 1.29 is 27.9 Å². The van der Waals surface area contributed by atoms with Crippen LogP contribution in [0.4, 0.5) is 13.2 Å². The predicted molar refractivity (Wildman–Crippen MR) is 91.1 cm³/mol. The molecular weight excluding hydrogens is 365 g/mol. The van der Waals surface area contributed by atoms with Gasteiger partial charge in [0.2, 0.25) is 0 Å². The lowest BCUT2D eigenvalue weighted by atomic mass is 10.1. The number of nitrogens with one attached hydrogen (secondary N) is 1. The van der Waals surface area contributed by atoms with Crippen molar-refractivity contribution in [3.63, 3.8) is 0 Å². The minimum Gasteiger partial charge on any atom is -0.406 e. The van der Waals surface area contributed by atoms with Crippen molar-refractivity contribution >= 4 is 12.0 Å². The number of hydrogen-bond donors (Lipinski definition) is 2. The normalized spacial score (nSPS) is 11.6. The Kier molecular flexibility index (Phi) is 6.78. The zero-order valence-electron chi connectivity index (χ0n) is 14.1. The third-order valence-corrected chi connectivity index (χ3v) is 3.60. The van der Waals surface area contributed by atoms with E-state index in [9.17, 15) is 22.8 Å². The summed E-state index contributed by atoms with van der Waals surface area (Å²) >= 11 is 0. The quantitative estimate of drug-likeness (QED) is 0.438. The number of aryl methyl sites for hydroxylation is 2. The Labute approximate surface area is 152 Å². The van der Waals surface area contributed by atoms with Crippen LogP contribution < -0.4 is 15.8 Å². The number of carbonyl (C=O) groups is 1. The highest BCUT2D eigenvalue weighted by atomic mass is 19.4. The summed E-state index contributed by atoms with van der Waals surface area (Å²) in [4.78, 5) is 23.3. The fourth-order valence-electron chi connectivity index (χ4n) is 2.37. The second-order valence-corrected chi connectivity index (χ2v) is 5.57. The Morgan fingerprint density at radius 3 is 2.56 bits per heavy atom. The molecule has 2 N–H and O–H groups in total. The van der Waals surface area contributed by atoms with Crippen LogP contribution in [0.2, 0.25) is 0 Å². The summed E-state index contributed by atoms with van der Waals surface area (Å²) in [6.45, 7) is 0.396. The Balaban J connectivity index is 1.94. The van der Waals surface area contributed by atoms with Crippen LogP contribution in [-0.4, -0.2) is 22.0 Å². The van der Waals surface area contributed by atoms with Crippen molar-refractivity contribution in [2.45, 2.75) is 25.7 Å². The van der Waals surface area contributed by atoms with Gasteiger partial charge < -0.3 is 9.30 Å². The van der Waals surface area contributed by atoms with Crippen LogP contribution >= 0.6 is 0 Å². The summed E-state index contributed by atoms with van der Waals surface area (Å²) in [7, 11) is 0. The van der Waals surface area contributed by atoms with Gasteiger partial charge in [0.15, 0.2) is 0 Å². The number of benzene rings is 1. The van der Waals surface area contributed by atoms with Gasteiger partial charge in [0.25, 0.3) is 11.5 Å². The standard InChI is InChI=1S/C18H17F3N2O4/c19-18(20,21)27-15-8-5-13(6-9-15)3-1-11-23-12-2-4-14(17(23)25)7-10-16(24)22-26/h2,4-10,12,26H,1,3,11H2,(H,22,24)/b10-7+. The molecule has 2 rings (SSSR count). The average molecular weight is 382 g/mol. The van der Waals surface area contributed by atoms with Crippen molar-refractivity contribution in [2.24, 2.45) is 0 Å². The summed E-state index contributed by atoms with van der Waals surface area (Å²) < 4.78 is 41.7. The van der Waals surface area contributed by atoms with Gasteiger partial charge in [-0.3, -0.25) is 14.8 Å². The summed E-state index contributed by atoms with van der Waals surface area (Å²) in [6, 6.07) is 8.76. The van der Waals surface area contributed by atoms with Crippen molar-refractivity contribution in [2.75, 3.05) is 0 Å². The van der Waals surface area contributed by atoms with Gasteiger partial charge in [0.05, 0.1) is 0 Å². The van der Waals surface area contributed by atoms with Gasteiger partial charge in [0, 0.05) is 24.4 Å². The molecule has 0 radical (unpaired) electrons. The van der Waals surface area contributed by atoms with E-state index < -0.39 is 12.3 Å². The van der Waals surface area contributed by atoms with Crippen LogP contribution in [0.15, 0.2) is 53.5 Å². The minimum atomic E-state index is -4.72. The molecule has 0 saturated heterocycles. The largest absolute Gasteiger partial charge is 0.573 e. The number of hydroxylamine groups is 1. The van der Waals surface area contributed by atoms with Gasteiger partial charge in [-0.2, -0.15) is 0 Å². The van der Waals surface area contributed by atoms with Crippen LogP contribution in [-0.2, 0) is 17.8 Å². The molecule has 0 atom stereocenters. The average Bonchev–Trinajstić information content (AvgIpc) is 2.62. The molecule has 0 saturated carbocycles. The van der Waals surface area contributed by atoms with E-state index in [1.165, 1.54) is 40.4 Å². The molecule has 6 nitrogen and oxygen atoms in total. The number of halogens is 3. The highest BCUT2D eigenvalue weighted by Gasteiger charge is 2.30. The fraction of sp³-hybridized carbons (Fsp3) is 0.222. The molecule has 1 aromatic carbocycles. The van der Waals surface area contributed by atoms with E-state index in [0.717, 1.165) is 11.6 Å². The van der Waals surface area contributed by atoms with E-state index in [2.05, 4.69) is 4.74 Å². The Bertz CT molecular complexity index is 858. The third-order valence-electron chi connectivity index (χ3n) is 3.60. The molecule has 0 aliphatic carbocycles. The SMILES string of the molecule is O=C(/C=C/c1cccn(CCCc2ccc(OC(F)(F)F)cc2)c1=O)NO. The molecule has 1 amide bonds. The Hall–Kier alpha value is -3.07. The fourth-order valence-corrected chi connectivity index (χ4v) is 2.37. The van der Waals surface area contributed by atoms with Gasteiger partial charge in [-0.15, -0.1) is 13.2 Å². The van der Waals surface area contributed by atoms with E-state index >= 15 is 0 Å². The maximum Gasteiger partial charge on any atom is 0.573 e. The third kappa shape index (κ3) is 6.63. The van der Waals surface area contributed by atoms with Gasteiger partial charge in [-0.05, 0) is 48.7 Å². The molecule has 0 aliphatic heterocycles. The molecule has 1 aromatic heterocycles. The molecule has 0 spiro atoms. The number of ether oxygens (including phenoxy) is 1. The first-order chi connectivity index (χ1) is 12.8.